The Morgan fingerprint density at radius 1 is 1.11 bits per heavy atom. The summed E-state index contributed by atoms with van der Waals surface area (Å²) in [6.45, 7) is 3.71. The van der Waals surface area contributed by atoms with E-state index in [4.69, 9.17) is 10.3 Å². The molecule has 0 spiro atoms. The summed E-state index contributed by atoms with van der Waals surface area (Å²) in [5, 5.41) is 5.97. The highest BCUT2D eigenvalue weighted by Gasteiger charge is 2.25. The molecule has 6 heteroatoms. The summed E-state index contributed by atoms with van der Waals surface area (Å²) in [6.07, 6.45) is 1.69. The van der Waals surface area contributed by atoms with Crippen LogP contribution in [0.25, 0.3) is 0 Å². The van der Waals surface area contributed by atoms with Crippen LogP contribution in [0.1, 0.15) is 0 Å². The van der Waals surface area contributed by atoms with Gasteiger partial charge in [-0.05, 0) is 12.1 Å². The summed E-state index contributed by atoms with van der Waals surface area (Å²) >= 11 is 0. The number of hydrogen-bond acceptors (Lipinski definition) is 5. The molecular weight excluding hydrogens is 230 g/mol. The van der Waals surface area contributed by atoms with E-state index in [1.165, 1.54) is 5.69 Å². The molecule has 0 unspecified atom stereocenters. The van der Waals surface area contributed by atoms with Gasteiger partial charge < -0.3 is 10.6 Å². The fraction of sp³-hybridized carbons (Fsp3) is 0.333. The van der Waals surface area contributed by atoms with E-state index in [0.29, 0.717) is 5.88 Å². The minimum atomic E-state index is 0.334. The van der Waals surface area contributed by atoms with Gasteiger partial charge in [-0.15, -0.1) is 5.01 Å². The molecule has 94 valence electrons. The highest BCUT2D eigenvalue weighted by molar-refractivity contribution is 5.46. The number of benzene rings is 1. The van der Waals surface area contributed by atoms with E-state index in [1.807, 2.05) is 6.07 Å². The molecule has 18 heavy (non-hydrogen) atoms. The Balaban J connectivity index is 1.65. The number of nitrogen functional groups attached to an aromatic ring is 1. The lowest BCUT2D eigenvalue weighted by Gasteiger charge is -2.31. The van der Waals surface area contributed by atoms with E-state index in [1.54, 1.807) is 11.0 Å². The van der Waals surface area contributed by atoms with Crippen LogP contribution >= 0.6 is 0 Å². The molecule has 0 saturated carbocycles. The number of piperazine rings is 1. The van der Waals surface area contributed by atoms with E-state index < -0.39 is 0 Å². The van der Waals surface area contributed by atoms with Crippen molar-refractivity contribution in [3.05, 3.63) is 36.5 Å². The van der Waals surface area contributed by atoms with Crippen molar-refractivity contribution in [2.45, 2.75) is 0 Å². The molecule has 1 fully saturated rings. The summed E-state index contributed by atoms with van der Waals surface area (Å²) in [6, 6.07) is 10.4. The van der Waals surface area contributed by atoms with Crippen molar-refractivity contribution in [1.82, 2.24) is 5.27 Å². The van der Waals surface area contributed by atoms with E-state index >= 15 is 0 Å². The SMILES string of the molecule is Nc1c[n+](N2CCN(c3ccccc3)CC2)no1. The lowest BCUT2D eigenvalue weighted by molar-refractivity contribution is -0.758. The fourth-order valence-corrected chi connectivity index (χ4v) is 2.18. The number of nitrogens with two attached hydrogens (primary N) is 1. The number of para-hydroxylation sites is 1. The van der Waals surface area contributed by atoms with Crippen LogP contribution < -0.4 is 20.4 Å². The molecule has 1 aliphatic rings. The van der Waals surface area contributed by atoms with E-state index in [9.17, 15) is 0 Å². The van der Waals surface area contributed by atoms with Crippen LogP contribution in [-0.4, -0.2) is 31.5 Å². The molecule has 0 atom stereocenters. The van der Waals surface area contributed by atoms with E-state index in [2.05, 4.69) is 39.4 Å². The molecule has 0 aliphatic carbocycles. The topological polar surface area (TPSA) is 62.4 Å². The fourth-order valence-electron chi connectivity index (χ4n) is 2.18. The second-order valence-electron chi connectivity index (χ2n) is 4.30. The molecular formula is C12H16N5O+. The van der Waals surface area contributed by atoms with E-state index in [0.717, 1.165) is 26.2 Å². The maximum Gasteiger partial charge on any atom is 0.296 e. The van der Waals surface area contributed by atoms with Gasteiger partial charge in [0, 0.05) is 18.8 Å². The Kier molecular flexibility index (Phi) is 2.76. The monoisotopic (exact) mass is 246 g/mol. The summed E-state index contributed by atoms with van der Waals surface area (Å²) < 4.78 is 4.86. The predicted molar refractivity (Wildman–Crippen MR) is 67.7 cm³/mol. The number of anilines is 2. The smallest absolute Gasteiger partial charge is 0.296 e. The van der Waals surface area contributed by atoms with Gasteiger partial charge in [0.2, 0.25) is 5.27 Å². The van der Waals surface area contributed by atoms with Crippen LogP contribution in [0.15, 0.2) is 41.1 Å². The van der Waals surface area contributed by atoms with Crippen LogP contribution in [0.2, 0.25) is 0 Å². The van der Waals surface area contributed by atoms with Crippen molar-refractivity contribution in [2.24, 2.45) is 0 Å². The molecule has 2 aromatic rings. The van der Waals surface area contributed by atoms with Crippen molar-refractivity contribution in [3.8, 4) is 0 Å². The van der Waals surface area contributed by atoms with Crippen LogP contribution in [0.3, 0.4) is 0 Å². The number of rotatable bonds is 2. The van der Waals surface area contributed by atoms with Crippen LogP contribution in [-0.2, 0) is 0 Å². The van der Waals surface area contributed by atoms with Crippen molar-refractivity contribution < 1.29 is 9.31 Å². The van der Waals surface area contributed by atoms with Crippen molar-refractivity contribution in [3.63, 3.8) is 0 Å². The largest absolute Gasteiger partial charge is 0.368 e. The molecule has 1 aromatic carbocycles. The van der Waals surface area contributed by atoms with Gasteiger partial charge in [0.25, 0.3) is 12.1 Å². The van der Waals surface area contributed by atoms with Gasteiger partial charge in [-0.2, -0.15) is 0 Å². The predicted octanol–water partition coefficient (Wildman–Crippen LogP) is 0.00250. The molecule has 2 N–H and O–H groups in total. The molecule has 3 rings (SSSR count). The number of aromatic nitrogens is 2. The van der Waals surface area contributed by atoms with Crippen LogP contribution in [0.5, 0.6) is 0 Å². The highest BCUT2D eigenvalue weighted by Crippen LogP contribution is 2.14. The Bertz CT molecular complexity index is 504. The molecule has 0 bridgehead atoms. The van der Waals surface area contributed by atoms with Crippen molar-refractivity contribution >= 4 is 11.6 Å². The third-order valence-corrected chi connectivity index (χ3v) is 3.14. The van der Waals surface area contributed by atoms with E-state index in [-0.39, 0.29) is 0 Å². The average Bonchev–Trinajstić information content (AvgIpc) is 2.87. The normalized spacial score (nSPS) is 16.0. The molecule has 1 aliphatic heterocycles. The van der Waals surface area contributed by atoms with Crippen molar-refractivity contribution in [1.29, 1.82) is 0 Å². The zero-order chi connectivity index (χ0) is 12.4. The Morgan fingerprint density at radius 3 is 2.44 bits per heavy atom. The molecule has 6 nitrogen and oxygen atoms in total. The zero-order valence-corrected chi connectivity index (χ0v) is 10.1. The minimum Gasteiger partial charge on any atom is -0.368 e. The average molecular weight is 246 g/mol. The van der Waals surface area contributed by atoms with Gasteiger partial charge in [0.05, 0.1) is 17.9 Å². The summed E-state index contributed by atoms with van der Waals surface area (Å²) in [5.74, 6) is 0.334. The standard InChI is InChI=1S/C12H16N5O/c13-12-10-17(14-18-12)16-8-6-15(7-9-16)11-4-2-1-3-5-11/h1-5,10H,6-9,13H2/q+1. The lowest BCUT2D eigenvalue weighted by Crippen LogP contribution is -2.65. The van der Waals surface area contributed by atoms with Gasteiger partial charge in [0.1, 0.15) is 0 Å². The quantitative estimate of drug-likeness (QED) is 0.756. The summed E-state index contributed by atoms with van der Waals surface area (Å²) in [5.41, 5.74) is 6.78. The first-order valence-corrected chi connectivity index (χ1v) is 6.02. The maximum absolute atomic E-state index is 5.52. The second-order valence-corrected chi connectivity index (χ2v) is 4.30. The van der Waals surface area contributed by atoms with Gasteiger partial charge in [-0.3, -0.25) is 4.52 Å². The first-order chi connectivity index (χ1) is 8.83. The molecule has 2 heterocycles. The van der Waals surface area contributed by atoms with Crippen LogP contribution in [0.4, 0.5) is 11.6 Å². The Morgan fingerprint density at radius 2 is 1.83 bits per heavy atom. The summed E-state index contributed by atoms with van der Waals surface area (Å²) in [4.78, 5) is 4.04. The first-order valence-electron chi connectivity index (χ1n) is 6.02. The molecule has 1 saturated heterocycles. The molecule has 0 radical (unpaired) electrons. The third-order valence-electron chi connectivity index (χ3n) is 3.14. The third kappa shape index (κ3) is 2.09. The second kappa shape index (κ2) is 4.56. The van der Waals surface area contributed by atoms with Gasteiger partial charge in [-0.1, -0.05) is 18.2 Å². The Labute approximate surface area is 105 Å². The summed E-state index contributed by atoms with van der Waals surface area (Å²) in [7, 11) is 0. The minimum absolute atomic E-state index is 0.334. The molecule has 1 aromatic heterocycles. The number of hydrogen-bond donors (Lipinski definition) is 1. The zero-order valence-electron chi connectivity index (χ0n) is 10.1. The van der Waals surface area contributed by atoms with Gasteiger partial charge in [0.15, 0.2) is 0 Å². The maximum atomic E-state index is 5.52. The number of nitrogens with zero attached hydrogens (tertiary/aromatic N) is 4. The highest BCUT2D eigenvalue weighted by atomic mass is 16.5. The van der Waals surface area contributed by atoms with Crippen molar-refractivity contribution in [2.75, 3.05) is 41.8 Å². The lowest BCUT2D eigenvalue weighted by atomic mass is 10.2. The van der Waals surface area contributed by atoms with Gasteiger partial charge in [-0.25, -0.2) is 0 Å². The van der Waals surface area contributed by atoms with Crippen LogP contribution in [0, 0.1) is 0 Å². The molecule has 0 amide bonds. The first kappa shape index (κ1) is 10.9. The van der Waals surface area contributed by atoms with Gasteiger partial charge >= 0.3 is 0 Å². The Hall–Kier alpha value is -2.24.